The molecule has 2 N–H and O–H groups in total. The molecule has 0 saturated carbocycles. The monoisotopic (exact) mass is 142 g/mol. The van der Waals surface area contributed by atoms with Crippen LogP contribution < -0.4 is 5.73 Å². The van der Waals surface area contributed by atoms with Crippen molar-refractivity contribution in [3.63, 3.8) is 0 Å². The number of hydrogen-bond acceptors (Lipinski definition) is 3. The molecule has 1 rings (SSSR count). The molecule has 1 heterocycles. The van der Waals surface area contributed by atoms with Gasteiger partial charge in [0.15, 0.2) is 0 Å². The van der Waals surface area contributed by atoms with Crippen LogP contribution >= 0.6 is 11.5 Å². The van der Waals surface area contributed by atoms with Gasteiger partial charge in [0.1, 0.15) is 5.82 Å². The number of nitrogen functional groups attached to an aromatic ring is 1. The Morgan fingerprint density at radius 2 is 2.33 bits per heavy atom. The van der Waals surface area contributed by atoms with Gasteiger partial charge >= 0.3 is 0 Å². The largest absolute Gasteiger partial charge is 0.383 e. The first kappa shape index (κ1) is 6.55. The molecule has 2 nitrogen and oxygen atoms in total. The first-order chi connectivity index (χ1) is 4.25. The van der Waals surface area contributed by atoms with E-state index in [1.807, 2.05) is 6.92 Å². The normalized spacial score (nSPS) is 10.0. The molecule has 0 fully saturated rings. The molecule has 0 aliphatic rings. The first-order valence-corrected chi connectivity index (χ1v) is 3.73. The van der Waals surface area contributed by atoms with Crippen molar-refractivity contribution >= 4 is 17.4 Å². The number of nitrogens with two attached hydrogens (primary N) is 1. The lowest BCUT2D eigenvalue weighted by Crippen LogP contribution is -1.89. The maximum atomic E-state index is 5.55. The summed E-state index contributed by atoms with van der Waals surface area (Å²) >= 11 is 1.48. The minimum Gasteiger partial charge on any atom is -0.383 e. The Kier molecular flexibility index (Phi) is 1.71. The van der Waals surface area contributed by atoms with Crippen LogP contribution in [0.1, 0.15) is 17.4 Å². The highest BCUT2D eigenvalue weighted by Crippen LogP contribution is 2.19. The molecule has 3 heteroatoms. The van der Waals surface area contributed by atoms with E-state index in [0.717, 1.165) is 6.42 Å². The summed E-state index contributed by atoms with van der Waals surface area (Å²) in [5.74, 6) is 0.708. The molecule has 0 bridgehead atoms. The Balaban J connectivity index is 3.07. The van der Waals surface area contributed by atoms with Crippen molar-refractivity contribution in [1.29, 1.82) is 0 Å². The number of rotatable bonds is 1. The van der Waals surface area contributed by atoms with Gasteiger partial charge in [0, 0.05) is 10.4 Å². The van der Waals surface area contributed by atoms with Gasteiger partial charge in [0.25, 0.3) is 0 Å². The van der Waals surface area contributed by atoms with Crippen LogP contribution in [0.5, 0.6) is 0 Å². The fourth-order valence-corrected chi connectivity index (χ4v) is 1.54. The Morgan fingerprint density at radius 3 is 2.56 bits per heavy atom. The summed E-state index contributed by atoms with van der Waals surface area (Å²) < 4.78 is 4.01. The van der Waals surface area contributed by atoms with Crippen LogP contribution in [0, 0.1) is 6.92 Å². The van der Waals surface area contributed by atoms with Crippen molar-refractivity contribution in [3.05, 3.63) is 10.4 Å². The van der Waals surface area contributed by atoms with Crippen LogP contribution in [-0.2, 0) is 6.42 Å². The zero-order valence-corrected chi connectivity index (χ0v) is 6.46. The van der Waals surface area contributed by atoms with Crippen molar-refractivity contribution in [2.75, 3.05) is 5.73 Å². The number of anilines is 1. The lowest BCUT2D eigenvalue weighted by atomic mass is 10.2. The highest BCUT2D eigenvalue weighted by Gasteiger charge is 2.02. The van der Waals surface area contributed by atoms with Crippen LogP contribution in [0.25, 0.3) is 0 Å². The predicted molar refractivity (Wildman–Crippen MR) is 40.6 cm³/mol. The molecular formula is C6H10N2S. The van der Waals surface area contributed by atoms with Gasteiger partial charge < -0.3 is 5.73 Å². The minimum absolute atomic E-state index is 0.708. The third kappa shape index (κ3) is 1.05. The van der Waals surface area contributed by atoms with Gasteiger partial charge in [-0.05, 0) is 24.9 Å². The Labute approximate surface area is 58.9 Å². The molecule has 0 radical (unpaired) electrons. The summed E-state index contributed by atoms with van der Waals surface area (Å²) in [7, 11) is 0. The molecule has 0 amide bonds. The van der Waals surface area contributed by atoms with Gasteiger partial charge in [-0.1, -0.05) is 6.92 Å². The Morgan fingerprint density at radius 1 is 1.67 bits per heavy atom. The fourth-order valence-electron chi connectivity index (χ4n) is 0.838. The van der Waals surface area contributed by atoms with Crippen molar-refractivity contribution in [3.8, 4) is 0 Å². The van der Waals surface area contributed by atoms with E-state index in [0.29, 0.717) is 5.82 Å². The SMILES string of the molecule is CCc1c(N)nsc1C. The molecular weight excluding hydrogens is 132 g/mol. The molecule has 1 aromatic heterocycles. The quantitative estimate of drug-likeness (QED) is 0.646. The van der Waals surface area contributed by atoms with E-state index in [9.17, 15) is 0 Å². The first-order valence-electron chi connectivity index (χ1n) is 2.96. The molecule has 0 spiro atoms. The zero-order valence-electron chi connectivity index (χ0n) is 5.64. The van der Waals surface area contributed by atoms with E-state index in [1.165, 1.54) is 22.0 Å². The molecule has 1 aromatic rings. The van der Waals surface area contributed by atoms with E-state index >= 15 is 0 Å². The molecule has 0 atom stereocenters. The van der Waals surface area contributed by atoms with Gasteiger partial charge in [-0.25, -0.2) is 0 Å². The average Bonchev–Trinajstić information content (AvgIpc) is 2.12. The summed E-state index contributed by atoms with van der Waals surface area (Å²) in [5, 5.41) is 0. The molecule has 0 aromatic carbocycles. The second-order valence-corrected chi connectivity index (χ2v) is 2.93. The van der Waals surface area contributed by atoms with Crippen LogP contribution in [0.4, 0.5) is 5.82 Å². The number of hydrogen-bond donors (Lipinski definition) is 1. The van der Waals surface area contributed by atoms with E-state index < -0.39 is 0 Å². The smallest absolute Gasteiger partial charge is 0.140 e. The van der Waals surface area contributed by atoms with Crippen LogP contribution in [0.2, 0.25) is 0 Å². The van der Waals surface area contributed by atoms with Gasteiger partial charge in [0.2, 0.25) is 0 Å². The number of aromatic nitrogens is 1. The third-order valence-electron chi connectivity index (χ3n) is 1.37. The van der Waals surface area contributed by atoms with E-state index in [1.54, 1.807) is 0 Å². The van der Waals surface area contributed by atoms with Crippen molar-refractivity contribution in [2.45, 2.75) is 20.3 Å². The van der Waals surface area contributed by atoms with Crippen LogP contribution in [0.3, 0.4) is 0 Å². The minimum atomic E-state index is 0.708. The summed E-state index contributed by atoms with van der Waals surface area (Å²) in [6.07, 6.45) is 0.994. The second kappa shape index (κ2) is 2.35. The molecule has 0 aliphatic heterocycles. The lowest BCUT2D eigenvalue weighted by Gasteiger charge is -1.91. The average molecular weight is 142 g/mol. The maximum Gasteiger partial charge on any atom is 0.140 e. The van der Waals surface area contributed by atoms with Crippen molar-refractivity contribution in [1.82, 2.24) is 4.37 Å². The summed E-state index contributed by atoms with van der Waals surface area (Å²) in [6.45, 7) is 4.14. The maximum absolute atomic E-state index is 5.55. The molecule has 0 aliphatic carbocycles. The van der Waals surface area contributed by atoms with Gasteiger partial charge in [0.05, 0.1) is 0 Å². The second-order valence-electron chi connectivity index (χ2n) is 1.96. The zero-order chi connectivity index (χ0) is 6.85. The fraction of sp³-hybridized carbons (Fsp3) is 0.500. The highest BCUT2D eigenvalue weighted by atomic mass is 32.1. The van der Waals surface area contributed by atoms with E-state index in [2.05, 4.69) is 11.3 Å². The van der Waals surface area contributed by atoms with Gasteiger partial charge in [-0.2, -0.15) is 4.37 Å². The van der Waals surface area contributed by atoms with E-state index in [-0.39, 0.29) is 0 Å². The standard InChI is InChI=1S/C6H10N2S/c1-3-5-4(2)9-8-6(5)7/h3H2,1-2H3,(H2,7,8). The number of aryl methyl sites for hydroxylation is 1. The Hall–Kier alpha value is -0.570. The molecule has 0 saturated heterocycles. The van der Waals surface area contributed by atoms with Crippen molar-refractivity contribution < 1.29 is 0 Å². The van der Waals surface area contributed by atoms with Crippen LogP contribution in [0.15, 0.2) is 0 Å². The van der Waals surface area contributed by atoms with Crippen LogP contribution in [-0.4, -0.2) is 4.37 Å². The third-order valence-corrected chi connectivity index (χ3v) is 2.18. The predicted octanol–water partition coefficient (Wildman–Crippen LogP) is 1.60. The van der Waals surface area contributed by atoms with Crippen molar-refractivity contribution in [2.24, 2.45) is 0 Å². The summed E-state index contributed by atoms with van der Waals surface area (Å²) in [4.78, 5) is 1.25. The highest BCUT2D eigenvalue weighted by molar-refractivity contribution is 7.06. The van der Waals surface area contributed by atoms with Gasteiger partial charge in [-0.3, -0.25) is 0 Å². The van der Waals surface area contributed by atoms with E-state index in [4.69, 9.17) is 5.73 Å². The topological polar surface area (TPSA) is 38.9 Å². The Bertz CT molecular complexity index is 185. The molecule has 0 unspecified atom stereocenters. The molecule has 9 heavy (non-hydrogen) atoms. The summed E-state index contributed by atoms with van der Waals surface area (Å²) in [5.41, 5.74) is 6.76. The molecule has 50 valence electrons. The number of nitrogens with zero attached hydrogens (tertiary/aromatic N) is 1. The lowest BCUT2D eigenvalue weighted by molar-refractivity contribution is 1.13. The van der Waals surface area contributed by atoms with Gasteiger partial charge in [-0.15, -0.1) is 0 Å². The summed E-state index contributed by atoms with van der Waals surface area (Å²) in [6, 6.07) is 0.